The SMILES string of the molecule is O=c1c2cnc3ccn(-n4cnnc4)c(=O)c3c2ccn1-c1ccccc1. The Bertz CT molecular complexity index is 1400. The van der Waals surface area contributed by atoms with Crippen LogP contribution < -0.4 is 11.1 Å². The molecule has 0 unspecified atom stereocenters. The van der Waals surface area contributed by atoms with Gasteiger partial charge in [-0.3, -0.25) is 19.1 Å². The van der Waals surface area contributed by atoms with E-state index in [2.05, 4.69) is 15.2 Å². The minimum Gasteiger partial charge on any atom is -0.284 e. The Morgan fingerprint density at radius 3 is 2.33 bits per heavy atom. The van der Waals surface area contributed by atoms with Crippen LogP contribution in [-0.4, -0.2) is 29.1 Å². The van der Waals surface area contributed by atoms with E-state index in [9.17, 15) is 9.59 Å². The third-order valence-corrected chi connectivity index (χ3v) is 4.47. The van der Waals surface area contributed by atoms with Gasteiger partial charge in [-0.25, -0.2) is 9.35 Å². The molecule has 5 rings (SSSR count). The normalized spacial score (nSPS) is 11.3. The first-order valence-corrected chi connectivity index (χ1v) is 8.20. The summed E-state index contributed by atoms with van der Waals surface area (Å²) in [5, 5.41) is 8.77. The molecule has 0 bridgehead atoms. The monoisotopic (exact) mass is 356 g/mol. The van der Waals surface area contributed by atoms with Crippen LogP contribution in [0.25, 0.3) is 27.4 Å². The van der Waals surface area contributed by atoms with Crippen molar-refractivity contribution < 1.29 is 0 Å². The molecule has 8 nitrogen and oxygen atoms in total. The lowest BCUT2D eigenvalue weighted by molar-refractivity contribution is 0.633. The maximum absolute atomic E-state index is 13.0. The van der Waals surface area contributed by atoms with E-state index in [-0.39, 0.29) is 11.1 Å². The number of hydrogen-bond acceptors (Lipinski definition) is 5. The van der Waals surface area contributed by atoms with Crippen molar-refractivity contribution in [3.05, 3.63) is 94.4 Å². The van der Waals surface area contributed by atoms with E-state index < -0.39 is 0 Å². The highest BCUT2D eigenvalue weighted by molar-refractivity contribution is 6.04. The highest BCUT2D eigenvalue weighted by Gasteiger charge is 2.13. The number of rotatable bonds is 2. The molecule has 4 heterocycles. The molecule has 0 spiro atoms. The van der Waals surface area contributed by atoms with Gasteiger partial charge in [-0.15, -0.1) is 10.2 Å². The smallest absolute Gasteiger partial charge is 0.279 e. The molecule has 0 aliphatic carbocycles. The fourth-order valence-corrected chi connectivity index (χ4v) is 3.19. The highest BCUT2D eigenvalue weighted by atomic mass is 16.1. The van der Waals surface area contributed by atoms with Crippen molar-refractivity contribution in [1.29, 1.82) is 0 Å². The van der Waals surface area contributed by atoms with Crippen molar-refractivity contribution in [2.75, 3.05) is 0 Å². The molecule has 1 aromatic carbocycles. The molecule has 0 amide bonds. The Labute approximate surface area is 151 Å². The van der Waals surface area contributed by atoms with Crippen LogP contribution in [0, 0.1) is 0 Å². The van der Waals surface area contributed by atoms with Crippen molar-refractivity contribution in [3.63, 3.8) is 0 Å². The summed E-state index contributed by atoms with van der Waals surface area (Å²) in [6, 6.07) is 12.8. The zero-order chi connectivity index (χ0) is 18.4. The molecule has 0 aliphatic heterocycles. The number of benzene rings is 1. The van der Waals surface area contributed by atoms with Gasteiger partial charge in [-0.1, -0.05) is 18.2 Å². The quantitative estimate of drug-likeness (QED) is 0.448. The number of pyridine rings is 3. The molecule has 0 aliphatic rings. The van der Waals surface area contributed by atoms with Crippen molar-refractivity contribution in [2.24, 2.45) is 0 Å². The molecule has 4 aromatic heterocycles. The van der Waals surface area contributed by atoms with E-state index in [1.165, 1.54) is 32.8 Å². The molecule has 8 heteroatoms. The van der Waals surface area contributed by atoms with Crippen molar-refractivity contribution in [2.45, 2.75) is 0 Å². The summed E-state index contributed by atoms with van der Waals surface area (Å²) in [7, 11) is 0. The number of nitrogens with zero attached hydrogens (tertiary/aromatic N) is 6. The highest BCUT2D eigenvalue weighted by Crippen LogP contribution is 2.19. The van der Waals surface area contributed by atoms with Crippen LogP contribution in [0.2, 0.25) is 0 Å². The average Bonchev–Trinajstić information content (AvgIpc) is 3.23. The Morgan fingerprint density at radius 1 is 0.778 bits per heavy atom. The first kappa shape index (κ1) is 15.2. The number of aromatic nitrogens is 6. The van der Waals surface area contributed by atoms with Crippen LogP contribution in [0.15, 0.2) is 83.3 Å². The lowest BCUT2D eigenvalue weighted by Crippen LogP contribution is -2.25. The summed E-state index contributed by atoms with van der Waals surface area (Å²) in [5.41, 5.74) is 0.739. The van der Waals surface area contributed by atoms with Crippen LogP contribution in [-0.2, 0) is 0 Å². The molecular formula is C19H12N6O2. The van der Waals surface area contributed by atoms with Crippen LogP contribution in [0.3, 0.4) is 0 Å². The zero-order valence-electron chi connectivity index (χ0n) is 13.9. The molecule has 5 aromatic rings. The van der Waals surface area contributed by atoms with E-state index in [0.717, 1.165) is 5.69 Å². The number of hydrogen-bond donors (Lipinski definition) is 0. The summed E-state index contributed by atoms with van der Waals surface area (Å²) in [6.45, 7) is 0. The van der Waals surface area contributed by atoms with E-state index in [1.807, 2.05) is 30.3 Å². The maximum atomic E-state index is 13.0. The Hall–Kier alpha value is -4.07. The van der Waals surface area contributed by atoms with E-state index in [0.29, 0.717) is 21.7 Å². The van der Waals surface area contributed by atoms with E-state index >= 15 is 0 Å². The van der Waals surface area contributed by atoms with Gasteiger partial charge in [-0.05, 0) is 24.3 Å². The van der Waals surface area contributed by atoms with Crippen molar-refractivity contribution in [1.82, 2.24) is 29.1 Å². The Balaban J connectivity index is 1.86. The zero-order valence-corrected chi connectivity index (χ0v) is 13.9. The van der Waals surface area contributed by atoms with Crippen LogP contribution in [0.4, 0.5) is 0 Å². The second-order valence-electron chi connectivity index (χ2n) is 5.98. The topological polar surface area (TPSA) is 87.6 Å². The maximum Gasteiger partial charge on any atom is 0.279 e. The van der Waals surface area contributed by atoms with Crippen molar-refractivity contribution >= 4 is 21.7 Å². The fourth-order valence-electron chi connectivity index (χ4n) is 3.19. The molecule has 0 saturated carbocycles. The Morgan fingerprint density at radius 2 is 1.56 bits per heavy atom. The lowest BCUT2D eigenvalue weighted by Gasteiger charge is -2.10. The van der Waals surface area contributed by atoms with E-state index in [4.69, 9.17) is 0 Å². The minimum atomic E-state index is -0.303. The third kappa shape index (κ3) is 2.27. The van der Waals surface area contributed by atoms with Crippen molar-refractivity contribution in [3.8, 4) is 5.69 Å². The summed E-state index contributed by atoms with van der Waals surface area (Å²) in [6.07, 6.45) is 7.64. The van der Waals surface area contributed by atoms with Crippen LogP contribution >= 0.6 is 0 Å². The third-order valence-electron chi connectivity index (χ3n) is 4.47. The summed E-state index contributed by atoms with van der Waals surface area (Å²) < 4.78 is 4.37. The summed E-state index contributed by atoms with van der Waals surface area (Å²) >= 11 is 0. The van der Waals surface area contributed by atoms with Gasteiger partial charge in [0.2, 0.25) is 0 Å². The molecule has 27 heavy (non-hydrogen) atoms. The largest absolute Gasteiger partial charge is 0.284 e. The van der Waals surface area contributed by atoms with E-state index in [1.54, 1.807) is 24.5 Å². The molecule has 0 saturated heterocycles. The number of fused-ring (bicyclic) bond motifs is 3. The van der Waals surface area contributed by atoms with Gasteiger partial charge >= 0.3 is 0 Å². The molecule has 0 radical (unpaired) electrons. The fraction of sp³-hybridized carbons (Fsp3) is 0. The van der Waals surface area contributed by atoms with Crippen LogP contribution in [0.5, 0.6) is 0 Å². The summed E-state index contributed by atoms with van der Waals surface area (Å²) in [5.74, 6) is 0. The Kier molecular flexibility index (Phi) is 3.23. The van der Waals surface area contributed by atoms with Gasteiger partial charge in [0.1, 0.15) is 12.7 Å². The van der Waals surface area contributed by atoms with Gasteiger partial charge in [0.05, 0.1) is 16.3 Å². The van der Waals surface area contributed by atoms with Gasteiger partial charge in [0, 0.05) is 29.7 Å². The molecule has 0 atom stereocenters. The van der Waals surface area contributed by atoms with Crippen LogP contribution in [0.1, 0.15) is 0 Å². The second kappa shape index (κ2) is 5.73. The van der Waals surface area contributed by atoms with Gasteiger partial charge < -0.3 is 0 Å². The van der Waals surface area contributed by atoms with Gasteiger partial charge in [0.15, 0.2) is 0 Å². The number of para-hydroxylation sites is 1. The average molecular weight is 356 g/mol. The molecule has 130 valence electrons. The molecule has 0 fully saturated rings. The lowest BCUT2D eigenvalue weighted by atomic mass is 10.1. The molecular weight excluding hydrogens is 344 g/mol. The standard InChI is InChI=1S/C19H12N6O2/c26-18-15-10-20-16-7-9-25(23-11-21-22-12-23)19(27)17(16)14(15)6-8-24(18)13-4-2-1-3-5-13/h1-12H. The molecule has 0 N–H and O–H groups in total. The second-order valence-corrected chi connectivity index (χ2v) is 5.98. The first-order valence-electron chi connectivity index (χ1n) is 8.20. The predicted molar refractivity (Wildman–Crippen MR) is 99.9 cm³/mol. The first-order chi connectivity index (χ1) is 13.2. The minimum absolute atomic E-state index is 0.229. The summed E-state index contributed by atoms with van der Waals surface area (Å²) in [4.78, 5) is 30.4. The van der Waals surface area contributed by atoms with Gasteiger partial charge in [0.25, 0.3) is 11.1 Å². The van der Waals surface area contributed by atoms with Gasteiger partial charge in [-0.2, -0.15) is 0 Å². The predicted octanol–water partition coefficient (Wildman–Crippen LogP) is 1.60.